The van der Waals surface area contributed by atoms with Crippen molar-refractivity contribution < 1.29 is 14.7 Å². The molecule has 0 aromatic rings. The van der Waals surface area contributed by atoms with Crippen LogP contribution in [0.25, 0.3) is 0 Å². The van der Waals surface area contributed by atoms with E-state index in [0.717, 1.165) is 32.1 Å². The standard InChI is InChI=1S/C10H21BO3/c1-3-9-7-5-6-8-10(9,4-2)14-11(12)13/h9,12-13H,3-8H2,1-2H3. The Kier molecular flexibility index (Phi) is 4.42. The van der Waals surface area contributed by atoms with Crippen molar-refractivity contribution in [1.29, 1.82) is 0 Å². The Morgan fingerprint density at radius 2 is 2.07 bits per heavy atom. The summed E-state index contributed by atoms with van der Waals surface area (Å²) in [5.41, 5.74) is -0.291. The summed E-state index contributed by atoms with van der Waals surface area (Å²) >= 11 is 0. The van der Waals surface area contributed by atoms with Crippen molar-refractivity contribution in [2.75, 3.05) is 0 Å². The van der Waals surface area contributed by atoms with Gasteiger partial charge in [0.1, 0.15) is 0 Å². The van der Waals surface area contributed by atoms with Gasteiger partial charge >= 0.3 is 7.32 Å². The lowest BCUT2D eigenvalue weighted by Gasteiger charge is -2.43. The molecule has 2 atom stereocenters. The summed E-state index contributed by atoms with van der Waals surface area (Å²) in [5.74, 6) is 0.475. The molecule has 4 heteroatoms. The molecule has 0 spiro atoms. The summed E-state index contributed by atoms with van der Waals surface area (Å²) in [5, 5.41) is 17.9. The Morgan fingerprint density at radius 3 is 2.57 bits per heavy atom. The van der Waals surface area contributed by atoms with Crippen LogP contribution in [0.2, 0.25) is 0 Å². The molecule has 3 nitrogen and oxygen atoms in total. The summed E-state index contributed by atoms with van der Waals surface area (Å²) in [6.07, 6.45) is 6.41. The molecule has 0 aromatic heterocycles. The first kappa shape index (κ1) is 12.0. The predicted molar refractivity (Wildman–Crippen MR) is 56.5 cm³/mol. The zero-order valence-electron chi connectivity index (χ0n) is 9.20. The van der Waals surface area contributed by atoms with Crippen LogP contribution in [-0.4, -0.2) is 23.0 Å². The molecule has 1 rings (SSSR count). The van der Waals surface area contributed by atoms with Crippen molar-refractivity contribution in [2.24, 2.45) is 5.92 Å². The van der Waals surface area contributed by atoms with E-state index in [9.17, 15) is 0 Å². The SMILES string of the molecule is CCC1CCCCC1(CC)OB(O)O. The van der Waals surface area contributed by atoms with Gasteiger partial charge in [0.25, 0.3) is 0 Å². The molecule has 14 heavy (non-hydrogen) atoms. The van der Waals surface area contributed by atoms with E-state index in [1.807, 2.05) is 0 Å². The lowest BCUT2D eigenvalue weighted by Crippen LogP contribution is -2.46. The monoisotopic (exact) mass is 200 g/mol. The molecule has 1 aliphatic rings. The van der Waals surface area contributed by atoms with Crippen LogP contribution in [0, 0.1) is 5.92 Å². The van der Waals surface area contributed by atoms with Crippen LogP contribution in [0.15, 0.2) is 0 Å². The highest BCUT2D eigenvalue weighted by molar-refractivity contribution is 6.32. The Bertz CT molecular complexity index is 175. The Hall–Kier alpha value is -0.0551. The van der Waals surface area contributed by atoms with Gasteiger partial charge in [-0.15, -0.1) is 0 Å². The fourth-order valence-corrected chi connectivity index (χ4v) is 2.77. The van der Waals surface area contributed by atoms with E-state index in [2.05, 4.69) is 13.8 Å². The van der Waals surface area contributed by atoms with Crippen molar-refractivity contribution >= 4 is 7.32 Å². The molecule has 0 bridgehead atoms. The Morgan fingerprint density at radius 1 is 1.36 bits per heavy atom. The maximum Gasteiger partial charge on any atom is 0.634 e. The maximum atomic E-state index is 8.95. The highest BCUT2D eigenvalue weighted by Gasteiger charge is 2.41. The molecule has 1 aliphatic carbocycles. The van der Waals surface area contributed by atoms with Crippen molar-refractivity contribution in [3.05, 3.63) is 0 Å². The number of rotatable bonds is 4. The molecule has 82 valence electrons. The zero-order chi connectivity index (χ0) is 10.6. The second-order valence-corrected chi connectivity index (χ2v) is 4.21. The molecule has 0 heterocycles. The third kappa shape index (κ3) is 2.50. The third-order valence-corrected chi connectivity index (χ3v) is 3.58. The van der Waals surface area contributed by atoms with Crippen LogP contribution in [0.1, 0.15) is 52.4 Å². The quantitative estimate of drug-likeness (QED) is 0.679. The van der Waals surface area contributed by atoms with Gasteiger partial charge in [-0.1, -0.05) is 33.1 Å². The molecular weight excluding hydrogens is 179 g/mol. The minimum Gasteiger partial charge on any atom is -0.402 e. The lowest BCUT2D eigenvalue weighted by atomic mass is 9.72. The molecule has 2 unspecified atom stereocenters. The van der Waals surface area contributed by atoms with Gasteiger partial charge in [-0.2, -0.15) is 0 Å². The summed E-state index contributed by atoms with van der Waals surface area (Å²) in [7, 11) is -1.62. The summed E-state index contributed by atoms with van der Waals surface area (Å²) in [4.78, 5) is 0. The van der Waals surface area contributed by atoms with Gasteiger partial charge in [0.15, 0.2) is 0 Å². The van der Waals surface area contributed by atoms with E-state index >= 15 is 0 Å². The number of hydrogen-bond donors (Lipinski definition) is 2. The smallest absolute Gasteiger partial charge is 0.402 e. The first-order valence-corrected chi connectivity index (χ1v) is 5.68. The van der Waals surface area contributed by atoms with Gasteiger partial charge in [0.05, 0.1) is 5.60 Å². The fourth-order valence-electron chi connectivity index (χ4n) is 2.77. The highest BCUT2D eigenvalue weighted by Crippen LogP contribution is 2.41. The molecule has 0 aromatic carbocycles. The van der Waals surface area contributed by atoms with Gasteiger partial charge in [0.2, 0.25) is 0 Å². The topological polar surface area (TPSA) is 49.7 Å². The van der Waals surface area contributed by atoms with Crippen molar-refractivity contribution in [2.45, 2.75) is 58.0 Å². The summed E-state index contributed by atoms with van der Waals surface area (Å²) in [6.45, 7) is 4.21. The van der Waals surface area contributed by atoms with Gasteiger partial charge in [0, 0.05) is 0 Å². The summed E-state index contributed by atoms with van der Waals surface area (Å²) < 4.78 is 5.34. The normalized spacial score (nSPS) is 33.0. The molecule has 0 aliphatic heterocycles. The molecule has 1 saturated carbocycles. The molecule has 1 fully saturated rings. The van der Waals surface area contributed by atoms with Crippen molar-refractivity contribution in [3.8, 4) is 0 Å². The van der Waals surface area contributed by atoms with Crippen LogP contribution in [-0.2, 0) is 4.65 Å². The van der Waals surface area contributed by atoms with Gasteiger partial charge in [-0.25, -0.2) is 0 Å². The van der Waals surface area contributed by atoms with Crippen LogP contribution < -0.4 is 0 Å². The fraction of sp³-hybridized carbons (Fsp3) is 1.00. The molecule has 2 N–H and O–H groups in total. The predicted octanol–water partition coefficient (Wildman–Crippen LogP) is 1.72. The molecule has 0 amide bonds. The van der Waals surface area contributed by atoms with Gasteiger partial charge < -0.3 is 14.7 Å². The minimum atomic E-state index is -1.62. The highest BCUT2D eigenvalue weighted by atomic mass is 16.6. The van der Waals surface area contributed by atoms with Crippen LogP contribution >= 0.6 is 0 Å². The maximum absolute atomic E-state index is 8.95. The average molecular weight is 200 g/mol. The Labute approximate surface area is 86.6 Å². The van der Waals surface area contributed by atoms with E-state index in [1.54, 1.807) is 0 Å². The largest absolute Gasteiger partial charge is 0.634 e. The summed E-state index contributed by atoms with van der Waals surface area (Å²) in [6, 6.07) is 0. The Balaban J connectivity index is 2.70. The van der Waals surface area contributed by atoms with E-state index in [1.165, 1.54) is 6.42 Å². The minimum absolute atomic E-state index is 0.291. The van der Waals surface area contributed by atoms with Crippen molar-refractivity contribution in [1.82, 2.24) is 0 Å². The zero-order valence-corrected chi connectivity index (χ0v) is 9.20. The van der Waals surface area contributed by atoms with Gasteiger partial charge in [-0.05, 0) is 25.2 Å². The lowest BCUT2D eigenvalue weighted by molar-refractivity contribution is -0.0593. The molecule has 0 radical (unpaired) electrons. The first-order valence-electron chi connectivity index (χ1n) is 5.68. The molecule has 0 saturated heterocycles. The molecular formula is C10H21BO3. The van der Waals surface area contributed by atoms with E-state index in [4.69, 9.17) is 14.7 Å². The van der Waals surface area contributed by atoms with Crippen LogP contribution in [0.3, 0.4) is 0 Å². The van der Waals surface area contributed by atoms with Gasteiger partial charge in [-0.3, -0.25) is 0 Å². The third-order valence-electron chi connectivity index (χ3n) is 3.58. The average Bonchev–Trinajstić information content (AvgIpc) is 2.17. The van der Waals surface area contributed by atoms with Crippen LogP contribution in [0.5, 0.6) is 0 Å². The second kappa shape index (κ2) is 5.15. The van der Waals surface area contributed by atoms with Crippen molar-refractivity contribution in [3.63, 3.8) is 0 Å². The van der Waals surface area contributed by atoms with E-state index < -0.39 is 7.32 Å². The first-order chi connectivity index (χ1) is 6.64. The van der Waals surface area contributed by atoms with E-state index in [-0.39, 0.29) is 5.60 Å². The van der Waals surface area contributed by atoms with E-state index in [0.29, 0.717) is 5.92 Å². The van der Waals surface area contributed by atoms with Crippen LogP contribution in [0.4, 0.5) is 0 Å². The number of hydrogen-bond acceptors (Lipinski definition) is 3. The second-order valence-electron chi connectivity index (χ2n) is 4.21.